The third kappa shape index (κ3) is 4.69. The molecule has 1 rings (SSSR count). The Morgan fingerprint density at radius 3 is 2.20 bits per heavy atom. The van der Waals surface area contributed by atoms with E-state index in [2.05, 4.69) is 4.74 Å². The first-order valence-corrected chi connectivity index (χ1v) is 4.47. The summed E-state index contributed by atoms with van der Waals surface area (Å²) < 4.78 is 39.2. The van der Waals surface area contributed by atoms with Crippen molar-refractivity contribution in [3.8, 4) is 5.75 Å². The Hall–Kier alpha value is -1.23. The average Bonchev–Trinajstić information content (AvgIpc) is 2.05. The van der Waals surface area contributed by atoms with Gasteiger partial charge in [-0.3, -0.25) is 0 Å². The largest absolute Gasteiger partial charge is 0.573 e. The van der Waals surface area contributed by atoms with Crippen molar-refractivity contribution in [2.24, 2.45) is 5.73 Å². The van der Waals surface area contributed by atoms with Gasteiger partial charge in [-0.15, -0.1) is 13.2 Å². The van der Waals surface area contributed by atoms with Crippen molar-refractivity contribution in [2.75, 3.05) is 0 Å². The lowest BCUT2D eigenvalue weighted by atomic mass is 10.1. The van der Waals surface area contributed by atoms with Gasteiger partial charge in [0, 0.05) is 6.04 Å². The second-order valence-electron chi connectivity index (χ2n) is 3.37. The third-order valence-electron chi connectivity index (χ3n) is 1.71. The Morgan fingerprint density at radius 2 is 1.80 bits per heavy atom. The average molecular weight is 219 g/mol. The Bertz CT molecular complexity index is 305. The maximum atomic E-state index is 11.8. The molecule has 0 spiro atoms. The quantitative estimate of drug-likeness (QED) is 0.847. The van der Waals surface area contributed by atoms with Crippen LogP contribution in [-0.4, -0.2) is 12.4 Å². The molecule has 0 bridgehead atoms. The molecule has 0 heterocycles. The normalized spacial score (nSPS) is 13.7. The third-order valence-corrected chi connectivity index (χ3v) is 1.71. The molecule has 1 atom stereocenters. The molecule has 5 heteroatoms. The molecule has 0 saturated carbocycles. The summed E-state index contributed by atoms with van der Waals surface area (Å²) >= 11 is 0. The Morgan fingerprint density at radius 1 is 1.27 bits per heavy atom. The molecular weight excluding hydrogens is 207 g/mol. The van der Waals surface area contributed by atoms with E-state index in [4.69, 9.17) is 5.73 Å². The zero-order valence-corrected chi connectivity index (χ0v) is 8.21. The summed E-state index contributed by atoms with van der Waals surface area (Å²) in [5.74, 6) is -0.212. The van der Waals surface area contributed by atoms with Crippen LogP contribution in [0.5, 0.6) is 5.75 Å². The van der Waals surface area contributed by atoms with Gasteiger partial charge >= 0.3 is 6.36 Å². The van der Waals surface area contributed by atoms with Crippen molar-refractivity contribution in [3.05, 3.63) is 29.8 Å². The van der Waals surface area contributed by atoms with Gasteiger partial charge in [-0.2, -0.15) is 0 Å². The Labute approximate surface area is 85.8 Å². The van der Waals surface area contributed by atoms with E-state index < -0.39 is 6.36 Å². The summed E-state index contributed by atoms with van der Waals surface area (Å²) in [5.41, 5.74) is 6.44. The van der Waals surface area contributed by atoms with Crippen molar-refractivity contribution in [3.63, 3.8) is 0 Å². The second-order valence-corrected chi connectivity index (χ2v) is 3.37. The van der Waals surface area contributed by atoms with Crippen molar-refractivity contribution >= 4 is 0 Å². The molecule has 0 saturated heterocycles. The van der Waals surface area contributed by atoms with E-state index >= 15 is 0 Å². The minimum atomic E-state index is -4.64. The minimum Gasteiger partial charge on any atom is -0.406 e. The number of ether oxygens (including phenoxy) is 1. The second kappa shape index (κ2) is 4.53. The summed E-state index contributed by atoms with van der Waals surface area (Å²) in [7, 11) is 0. The van der Waals surface area contributed by atoms with E-state index in [1.165, 1.54) is 12.1 Å². The number of benzene rings is 1. The van der Waals surface area contributed by atoms with E-state index in [1.807, 2.05) is 6.92 Å². The van der Waals surface area contributed by atoms with E-state index in [0.717, 1.165) is 5.56 Å². The van der Waals surface area contributed by atoms with Gasteiger partial charge < -0.3 is 10.5 Å². The highest BCUT2D eigenvalue weighted by Crippen LogP contribution is 2.22. The molecule has 2 nitrogen and oxygen atoms in total. The zero-order chi connectivity index (χ0) is 11.5. The van der Waals surface area contributed by atoms with Crippen LogP contribution in [0.4, 0.5) is 13.2 Å². The number of hydrogen-bond acceptors (Lipinski definition) is 2. The van der Waals surface area contributed by atoms with Crippen LogP contribution in [-0.2, 0) is 6.42 Å². The van der Waals surface area contributed by atoms with Gasteiger partial charge in [0.05, 0.1) is 0 Å². The molecule has 1 unspecified atom stereocenters. The first-order chi connectivity index (χ1) is 6.87. The van der Waals surface area contributed by atoms with Crippen LogP contribution < -0.4 is 10.5 Å². The molecule has 1 aromatic rings. The number of alkyl halides is 3. The summed E-state index contributed by atoms with van der Waals surface area (Å²) in [5, 5.41) is 0. The highest BCUT2D eigenvalue weighted by Gasteiger charge is 2.30. The topological polar surface area (TPSA) is 35.2 Å². The van der Waals surface area contributed by atoms with Crippen LogP contribution >= 0.6 is 0 Å². The molecule has 0 aliphatic rings. The van der Waals surface area contributed by atoms with Crippen LogP contribution in [0.3, 0.4) is 0 Å². The molecule has 0 aromatic heterocycles. The highest BCUT2D eigenvalue weighted by atomic mass is 19.4. The highest BCUT2D eigenvalue weighted by molar-refractivity contribution is 5.27. The smallest absolute Gasteiger partial charge is 0.406 e. The number of halogens is 3. The minimum absolute atomic E-state index is 0.0145. The van der Waals surface area contributed by atoms with Crippen molar-refractivity contribution in [2.45, 2.75) is 25.7 Å². The lowest BCUT2D eigenvalue weighted by Crippen LogP contribution is -2.18. The Kier molecular flexibility index (Phi) is 3.57. The number of nitrogens with two attached hydrogens (primary N) is 1. The van der Waals surface area contributed by atoms with Crippen LogP contribution in [0.2, 0.25) is 0 Å². The van der Waals surface area contributed by atoms with Crippen molar-refractivity contribution < 1.29 is 17.9 Å². The SMILES string of the molecule is CC(N)Cc1ccc(OC(F)(F)F)cc1. The molecule has 0 amide bonds. The molecule has 1 aromatic carbocycles. The van der Waals surface area contributed by atoms with Gasteiger partial charge in [-0.1, -0.05) is 12.1 Å². The van der Waals surface area contributed by atoms with E-state index in [0.29, 0.717) is 6.42 Å². The number of hydrogen-bond donors (Lipinski definition) is 1. The van der Waals surface area contributed by atoms with Crippen LogP contribution in [0.1, 0.15) is 12.5 Å². The molecule has 15 heavy (non-hydrogen) atoms. The molecule has 0 aliphatic heterocycles. The van der Waals surface area contributed by atoms with Gasteiger partial charge in [0.2, 0.25) is 0 Å². The van der Waals surface area contributed by atoms with Crippen LogP contribution in [0.25, 0.3) is 0 Å². The molecule has 0 aliphatic carbocycles. The maximum absolute atomic E-state index is 11.8. The maximum Gasteiger partial charge on any atom is 0.573 e. The fraction of sp³-hybridized carbons (Fsp3) is 0.400. The molecular formula is C10H12F3NO. The van der Waals surface area contributed by atoms with E-state index in [9.17, 15) is 13.2 Å². The lowest BCUT2D eigenvalue weighted by molar-refractivity contribution is -0.274. The molecule has 84 valence electrons. The van der Waals surface area contributed by atoms with Crippen LogP contribution in [0.15, 0.2) is 24.3 Å². The summed E-state index contributed by atoms with van der Waals surface area (Å²) in [4.78, 5) is 0. The zero-order valence-electron chi connectivity index (χ0n) is 8.21. The van der Waals surface area contributed by atoms with E-state index in [1.54, 1.807) is 12.1 Å². The lowest BCUT2D eigenvalue weighted by Gasteiger charge is -2.10. The summed E-state index contributed by atoms with van der Waals surface area (Å²) in [6.07, 6.45) is -4.00. The summed E-state index contributed by atoms with van der Waals surface area (Å²) in [6.45, 7) is 1.83. The predicted molar refractivity (Wildman–Crippen MR) is 50.5 cm³/mol. The predicted octanol–water partition coefficient (Wildman–Crippen LogP) is 2.47. The first kappa shape index (κ1) is 11.8. The summed E-state index contributed by atoms with van der Waals surface area (Å²) in [6, 6.07) is 5.70. The van der Waals surface area contributed by atoms with Gasteiger partial charge in [-0.25, -0.2) is 0 Å². The van der Waals surface area contributed by atoms with E-state index in [-0.39, 0.29) is 11.8 Å². The molecule has 0 fully saturated rings. The fourth-order valence-electron chi connectivity index (χ4n) is 1.20. The number of rotatable bonds is 3. The standard InChI is InChI=1S/C10H12F3NO/c1-7(14)6-8-2-4-9(5-3-8)15-10(11,12)13/h2-5,7H,6,14H2,1H3. The first-order valence-electron chi connectivity index (χ1n) is 4.47. The monoisotopic (exact) mass is 219 g/mol. The Balaban J connectivity index is 2.64. The molecule has 0 radical (unpaired) electrons. The van der Waals surface area contributed by atoms with Crippen molar-refractivity contribution in [1.82, 2.24) is 0 Å². The van der Waals surface area contributed by atoms with Gasteiger partial charge in [0.1, 0.15) is 5.75 Å². The van der Waals surface area contributed by atoms with Gasteiger partial charge in [-0.05, 0) is 31.0 Å². The van der Waals surface area contributed by atoms with Gasteiger partial charge in [0.25, 0.3) is 0 Å². The van der Waals surface area contributed by atoms with Crippen LogP contribution in [0, 0.1) is 0 Å². The fourth-order valence-corrected chi connectivity index (χ4v) is 1.20. The van der Waals surface area contributed by atoms with Gasteiger partial charge in [0.15, 0.2) is 0 Å². The van der Waals surface area contributed by atoms with Crippen molar-refractivity contribution in [1.29, 1.82) is 0 Å². The molecule has 2 N–H and O–H groups in total.